The smallest absolute Gasteiger partial charge is 0.428 e. The van der Waals surface area contributed by atoms with Crippen molar-refractivity contribution in [3.05, 3.63) is 35.4 Å². The number of hydroxylamine groups is 2. The number of benzene rings is 1. The first kappa shape index (κ1) is 14.9. The fraction of sp³-hybridized carbons (Fsp3) is 0.182. The van der Waals surface area contributed by atoms with Crippen molar-refractivity contribution in [2.24, 2.45) is 0 Å². The number of nitrogens with zero attached hydrogens (tertiary/aromatic N) is 1. The third kappa shape index (κ3) is 3.15. The molecular formula is C11H6Cl3NO5. The first-order chi connectivity index (χ1) is 9.29. The molecule has 0 bridgehead atoms. The summed E-state index contributed by atoms with van der Waals surface area (Å²) in [6.45, 7) is -0.584. The van der Waals surface area contributed by atoms with E-state index in [9.17, 15) is 14.4 Å². The van der Waals surface area contributed by atoms with Gasteiger partial charge in [-0.3, -0.25) is 14.4 Å². The number of halogens is 3. The summed E-state index contributed by atoms with van der Waals surface area (Å²) in [5.41, 5.74) is 0.262. The summed E-state index contributed by atoms with van der Waals surface area (Å²) in [6.07, 6.45) is -1.33. The molecule has 2 amide bonds. The Labute approximate surface area is 128 Å². The van der Waals surface area contributed by atoms with Crippen molar-refractivity contribution in [1.29, 1.82) is 0 Å². The third-order valence-corrected chi connectivity index (χ3v) is 2.60. The summed E-state index contributed by atoms with van der Waals surface area (Å²) < 4.78 is 2.64. The molecule has 0 saturated heterocycles. The van der Waals surface area contributed by atoms with E-state index < -0.39 is 28.4 Å². The van der Waals surface area contributed by atoms with Gasteiger partial charge in [-0.05, 0) is 12.1 Å². The SMILES string of the molecule is O=C(OCC(Cl)(Cl)Cl)ON1C(=O)c2ccccc2C1=O. The van der Waals surface area contributed by atoms with Gasteiger partial charge < -0.3 is 4.74 Å². The summed E-state index contributed by atoms with van der Waals surface area (Å²) in [4.78, 5) is 39.5. The van der Waals surface area contributed by atoms with E-state index in [-0.39, 0.29) is 11.1 Å². The Balaban J connectivity index is 2.04. The monoisotopic (exact) mass is 337 g/mol. The molecule has 106 valence electrons. The maximum absolute atomic E-state index is 11.8. The van der Waals surface area contributed by atoms with E-state index in [0.29, 0.717) is 5.06 Å². The van der Waals surface area contributed by atoms with E-state index in [2.05, 4.69) is 9.57 Å². The second-order valence-corrected chi connectivity index (χ2v) is 6.21. The number of hydrogen-bond acceptors (Lipinski definition) is 5. The molecule has 1 aliphatic heterocycles. The number of amides is 2. The van der Waals surface area contributed by atoms with Crippen LogP contribution in [0.5, 0.6) is 0 Å². The molecule has 1 aromatic carbocycles. The second kappa shape index (κ2) is 5.47. The number of alkyl halides is 3. The lowest BCUT2D eigenvalue weighted by atomic mass is 10.1. The van der Waals surface area contributed by atoms with Gasteiger partial charge >= 0.3 is 6.16 Å². The molecule has 0 radical (unpaired) electrons. The summed E-state index contributed by atoms with van der Waals surface area (Å²) in [5, 5.41) is 0.297. The maximum Gasteiger partial charge on any atom is 0.534 e. The fourth-order valence-corrected chi connectivity index (χ4v) is 1.66. The largest absolute Gasteiger partial charge is 0.534 e. The number of carbonyl (C=O) groups is 3. The van der Waals surface area contributed by atoms with Crippen LogP contribution in [0.1, 0.15) is 20.7 Å². The summed E-state index contributed by atoms with van der Waals surface area (Å²) in [7, 11) is 0. The number of ether oxygens (including phenoxy) is 1. The van der Waals surface area contributed by atoms with Gasteiger partial charge in [0.25, 0.3) is 11.8 Å². The molecule has 0 N–H and O–H groups in total. The van der Waals surface area contributed by atoms with Crippen LogP contribution in [0.3, 0.4) is 0 Å². The van der Waals surface area contributed by atoms with E-state index in [0.717, 1.165) is 0 Å². The van der Waals surface area contributed by atoms with Crippen LogP contribution in [0, 0.1) is 0 Å². The molecule has 0 fully saturated rings. The lowest BCUT2D eigenvalue weighted by molar-refractivity contribution is -0.0737. The second-order valence-electron chi connectivity index (χ2n) is 3.70. The standard InChI is InChI=1S/C11H6Cl3NO5/c12-11(13,14)5-19-10(18)20-15-8(16)6-3-1-2-4-7(6)9(15)17/h1-4H,5H2. The zero-order chi connectivity index (χ0) is 14.9. The maximum atomic E-state index is 11.8. The Morgan fingerprint density at radius 2 is 1.60 bits per heavy atom. The molecule has 6 nitrogen and oxygen atoms in total. The van der Waals surface area contributed by atoms with Crippen molar-refractivity contribution in [2.75, 3.05) is 6.61 Å². The molecule has 1 heterocycles. The first-order valence-corrected chi connectivity index (χ1v) is 6.32. The van der Waals surface area contributed by atoms with E-state index in [1.807, 2.05) is 0 Å². The van der Waals surface area contributed by atoms with Gasteiger partial charge in [0.2, 0.25) is 3.79 Å². The zero-order valence-corrected chi connectivity index (χ0v) is 11.9. The fourth-order valence-electron chi connectivity index (χ4n) is 1.49. The minimum Gasteiger partial charge on any atom is -0.428 e. The molecule has 9 heteroatoms. The van der Waals surface area contributed by atoms with Crippen molar-refractivity contribution in [3.8, 4) is 0 Å². The van der Waals surface area contributed by atoms with Crippen molar-refractivity contribution in [1.82, 2.24) is 5.06 Å². The van der Waals surface area contributed by atoms with Crippen LogP contribution in [0.15, 0.2) is 24.3 Å². The van der Waals surface area contributed by atoms with Gasteiger partial charge in [0.1, 0.15) is 6.61 Å². The highest BCUT2D eigenvalue weighted by Gasteiger charge is 2.39. The number of fused-ring (bicyclic) bond motifs is 1. The van der Waals surface area contributed by atoms with E-state index in [1.54, 1.807) is 12.1 Å². The van der Waals surface area contributed by atoms with Crippen molar-refractivity contribution >= 4 is 52.8 Å². The molecule has 1 aliphatic rings. The van der Waals surface area contributed by atoms with E-state index in [1.165, 1.54) is 12.1 Å². The van der Waals surface area contributed by atoms with Crippen LogP contribution >= 0.6 is 34.8 Å². The quantitative estimate of drug-likeness (QED) is 0.471. The predicted molar refractivity (Wildman–Crippen MR) is 69.7 cm³/mol. The summed E-state index contributed by atoms with van der Waals surface area (Å²) >= 11 is 16.1. The number of carbonyl (C=O) groups excluding carboxylic acids is 3. The lowest BCUT2D eigenvalue weighted by Gasteiger charge is -2.14. The van der Waals surface area contributed by atoms with Crippen molar-refractivity contribution in [2.45, 2.75) is 3.79 Å². The highest BCUT2D eigenvalue weighted by Crippen LogP contribution is 2.27. The van der Waals surface area contributed by atoms with Crippen LogP contribution in [-0.2, 0) is 9.57 Å². The van der Waals surface area contributed by atoms with Gasteiger partial charge in [-0.2, -0.15) is 0 Å². The number of rotatable bonds is 2. The molecule has 0 aromatic heterocycles. The molecule has 0 unspecified atom stereocenters. The molecule has 2 rings (SSSR count). The minimum absolute atomic E-state index is 0.131. The van der Waals surface area contributed by atoms with Gasteiger partial charge in [0, 0.05) is 0 Å². The highest BCUT2D eigenvalue weighted by atomic mass is 35.6. The van der Waals surface area contributed by atoms with Gasteiger partial charge in [-0.15, -0.1) is 0 Å². The van der Waals surface area contributed by atoms with E-state index >= 15 is 0 Å². The van der Waals surface area contributed by atoms with Crippen LogP contribution < -0.4 is 0 Å². The highest BCUT2D eigenvalue weighted by molar-refractivity contribution is 6.67. The summed E-state index contributed by atoms with van der Waals surface area (Å²) in [6, 6.07) is 6.03. The van der Waals surface area contributed by atoms with Crippen molar-refractivity contribution in [3.63, 3.8) is 0 Å². The molecule has 20 heavy (non-hydrogen) atoms. The Bertz CT molecular complexity index is 549. The van der Waals surface area contributed by atoms with Crippen LogP contribution in [0.2, 0.25) is 0 Å². The topological polar surface area (TPSA) is 72.9 Å². The van der Waals surface area contributed by atoms with Gasteiger partial charge in [0.15, 0.2) is 0 Å². The Morgan fingerprint density at radius 3 is 2.05 bits per heavy atom. The minimum atomic E-state index is -1.82. The Hall–Kier alpha value is -1.50. The van der Waals surface area contributed by atoms with Crippen molar-refractivity contribution < 1.29 is 24.0 Å². The average molecular weight is 339 g/mol. The van der Waals surface area contributed by atoms with E-state index in [4.69, 9.17) is 34.8 Å². The number of hydrogen-bond donors (Lipinski definition) is 0. The predicted octanol–water partition coefficient (Wildman–Crippen LogP) is 2.72. The average Bonchev–Trinajstić information content (AvgIpc) is 2.62. The molecule has 0 atom stereocenters. The Kier molecular flexibility index (Phi) is 4.08. The Morgan fingerprint density at radius 1 is 1.10 bits per heavy atom. The van der Waals surface area contributed by atoms with Crippen LogP contribution in [-0.4, -0.2) is 33.4 Å². The molecule has 0 saturated carbocycles. The molecular weight excluding hydrogens is 332 g/mol. The number of imide groups is 1. The molecule has 0 spiro atoms. The first-order valence-electron chi connectivity index (χ1n) is 5.19. The van der Waals surface area contributed by atoms with Gasteiger partial charge in [-0.25, -0.2) is 4.79 Å². The van der Waals surface area contributed by atoms with Gasteiger partial charge in [0.05, 0.1) is 11.1 Å². The molecule has 0 aliphatic carbocycles. The lowest BCUT2D eigenvalue weighted by Crippen LogP contribution is -2.33. The summed E-state index contributed by atoms with van der Waals surface area (Å²) in [5.74, 6) is -1.53. The normalized spacial score (nSPS) is 14.2. The third-order valence-electron chi connectivity index (χ3n) is 2.28. The molecule has 1 aromatic rings. The van der Waals surface area contributed by atoms with Gasteiger partial charge in [-0.1, -0.05) is 52.0 Å². The van der Waals surface area contributed by atoms with Crippen LogP contribution in [0.25, 0.3) is 0 Å². The zero-order valence-electron chi connectivity index (χ0n) is 9.64. The van der Waals surface area contributed by atoms with Crippen LogP contribution in [0.4, 0.5) is 4.79 Å².